The summed E-state index contributed by atoms with van der Waals surface area (Å²) in [6.45, 7) is 10.0. The first kappa shape index (κ1) is 20.7. The maximum atomic E-state index is 13.0. The zero-order chi connectivity index (χ0) is 20.0. The van der Waals surface area contributed by atoms with Crippen molar-refractivity contribution in [3.63, 3.8) is 0 Å². The molecular formula is C22H30N2O3. The van der Waals surface area contributed by atoms with E-state index in [1.54, 1.807) is 19.9 Å². The van der Waals surface area contributed by atoms with Gasteiger partial charge in [0.15, 0.2) is 5.69 Å². The van der Waals surface area contributed by atoms with Crippen LogP contribution in [-0.2, 0) is 0 Å². The quantitative estimate of drug-likeness (QED) is 0.414. The summed E-state index contributed by atoms with van der Waals surface area (Å²) in [5.74, 6) is 0.144. The van der Waals surface area contributed by atoms with Crippen LogP contribution in [-0.4, -0.2) is 12.5 Å². The van der Waals surface area contributed by atoms with Crippen LogP contribution in [0.2, 0.25) is 0 Å². The maximum absolute atomic E-state index is 13.0. The summed E-state index contributed by atoms with van der Waals surface area (Å²) < 4.78 is 6.68. The predicted octanol–water partition coefficient (Wildman–Crippen LogP) is 4.77. The van der Waals surface area contributed by atoms with Gasteiger partial charge in [-0.15, -0.1) is 0 Å². The first-order valence-electron chi connectivity index (χ1n) is 9.61. The number of unbranched alkanes of at least 4 members (excludes halogenated alkanes) is 3. The average Bonchev–Trinajstić information content (AvgIpc) is 2.63. The number of ether oxygens (including phenoxy) is 1. The molecule has 0 bridgehead atoms. The summed E-state index contributed by atoms with van der Waals surface area (Å²) in [7, 11) is 0. The van der Waals surface area contributed by atoms with Gasteiger partial charge >= 0.3 is 0 Å². The minimum absolute atomic E-state index is 0.298. The van der Waals surface area contributed by atoms with E-state index in [0.29, 0.717) is 29.3 Å². The third kappa shape index (κ3) is 5.00. The molecule has 0 fully saturated rings. The van der Waals surface area contributed by atoms with Crippen LogP contribution >= 0.6 is 0 Å². The Balaban J connectivity index is 2.28. The molecular weight excluding hydrogens is 340 g/mol. The smallest absolute Gasteiger partial charge is 0.265 e. The Bertz CT molecular complexity index is 816. The van der Waals surface area contributed by atoms with E-state index < -0.39 is 0 Å². The number of hydrogen-bond donors (Lipinski definition) is 1. The number of rotatable bonds is 8. The van der Waals surface area contributed by atoms with E-state index in [-0.39, 0.29) is 5.91 Å². The van der Waals surface area contributed by atoms with Crippen LogP contribution in [0.1, 0.15) is 65.5 Å². The van der Waals surface area contributed by atoms with Gasteiger partial charge in [-0.05, 0) is 37.5 Å². The lowest BCUT2D eigenvalue weighted by Gasteiger charge is -2.16. The van der Waals surface area contributed by atoms with Gasteiger partial charge in [-0.2, -0.15) is 4.73 Å². The zero-order valence-corrected chi connectivity index (χ0v) is 17.0. The number of hydrogen-bond acceptors (Lipinski definition) is 3. The number of aromatic nitrogens is 1. The minimum Gasteiger partial charge on any atom is -0.618 e. The highest BCUT2D eigenvalue weighted by molar-refractivity contribution is 6.07. The fourth-order valence-electron chi connectivity index (χ4n) is 3.04. The Morgan fingerprint density at radius 3 is 2.59 bits per heavy atom. The number of nitrogens with one attached hydrogen (secondary N) is 1. The molecule has 1 amide bonds. The summed E-state index contributed by atoms with van der Waals surface area (Å²) in [6.07, 6.45) is 4.34. The van der Waals surface area contributed by atoms with Crippen LogP contribution in [0.4, 0.5) is 5.69 Å². The fourth-order valence-corrected chi connectivity index (χ4v) is 3.04. The molecule has 0 aliphatic rings. The lowest BCUT2D eigenvalue weighted by molar-refractivity contribution is -0.619. The predicted molar refractivity (Wildman–Crippen MR) is 108 cm³/mol. The normalized spacial score (nSPS) is 10.7. The summed E-state index contributed by atoms with van der Waals surface area (Å²) in [6, 6.07) is 7.41. The lowest BCUT2D eigenvalue weighted by atomic mass is 10.1. The van der Waals surface area contributed by atoms with E-state index >= 15 is 0 Å². The van der Waals surface area contributed by atoms with Gasteiger partial charge in [-0.25, -0.2) is 0 Å². The number of nitrogens with zero attached hydrogens (tertiary/aromatic N) is 1. The molecule has 2 rings (SSSR count). The molecule has 27 heavy (non-hydrogen) atoms. The Morgan fingerprint density at radius 1 is 1.15 bits per heavy atom. The number of carbonyl (C=O) groups excluding carboxylic acids is 1. The molecule has 1 aromatic carbocycles. The van der Waals surface area contributed by atoms with E-state index in [1.807, 2.05) is 32.0 Å². The zero-order valence-electron chi connectivity index (χ0n) is 17.0. The van der Waals surface area contributed by atoms with Crippen molar-refractivity contribution in [1.82, 2.24) is 0 Å². The van der Waals surface area contributed by atoms with Gasteiger partial charge in [0, 0.05) is 25.6 Å². The minimum atomic E-state index is -0.325. The molecule has 5 nitrogen and oxygen atoms in total. The standard InChI is InChI=1S/C22H30N2O3/c1-6-7-8-9-13-27-20-14-16(3)24(26)18(5)21(20)22(25)23-19-12-10-11-15(2)17(19)4/h10-12,14H,6-9,13H2,1-5H3,(H,23,25). The monoisotopic (exact) mass is 370 g/mol. The van der Waals surface area contributed by atoms with Gasteiger partial charge in [0.1, 0.15) is 11.3 Å². The topological polar surface area (TPSA) is 65.3 Å². The van der Waals surface area contributed by atoms with E-state index in [4.69, 9.17) is 4.74 Å². The molecule has 0 aliphatic carbocycles. The molecule has 0 spiro atoms. The van der Waals surface area contributed by atoms with Gasteiger partial charge < -0.3 is 15.3 Å². The van der Waals surface area contributed by atoms with Crippen molar-refractivity contribution < 1.29 is 14.3 Å². The van der Waals surface area contributed by atoms with Crippen LogP contribution in [0.15, 0.2) is 24.3 Å². The third-order valence-electron chi connectivity index (χ3n) is 4.91. The van der Waals surface area contributed by atoms with E-state index in [2.05, 4.69) is 12.2 Å². The fraction of sp³-hybridized carbons (Fsp3) is 0.455. The van der Waals surface area contributed by atoms with Crippen LogP contribution in [0.5, 0.6) is 5.75 Å². The molecule has 1 aromatic heterocycles. The molecule has 1 N–H and O–H groups in total. The largest absolute Gasteiger partial charge is 0.618 e. The first-order chi connectivity index (χ1) is 12.9. The van der Waals surface area contributed by atoms with Gasteiger partial charge in [0.05, 0.1) is 6.61 Å². The number of anilines is 1. The summed E-state index contributed by atoms with van der Waals surface area (Å²) in [5, 5.41) is 15.3. The van der Waals surface area contributed by atoms with E-state index in [0.717, 1.165) is 47.2 Å². The maximum Gasteiger partial charge on any atom is 0.265 e. The third-order valence-corrected chi connectivity index (χ3v) is 4.91. The van der Waals surface area contributed by atoms with Crippen molar-refractivity contribution in [2.75, 3.05) is 11.9 Å². The van der Waals surface area contributed by atoms with Gasteiger partial charge in [-0.1, -0.05) is 38.3 Å². The van der Waals surface area contributed by atoms with Gasteiger partial charge in [0.2, 0.25) is 5.69 Å². The second kappa shape index (κ2) is 9.40. The summed E-state index contributed by atoms with van der Waals surface area (Å²) in [5.41, 5.74) is 4.01. The molecule has 0 unspecified atom stereocenters. The van der Waals surface area contributed by atoms with Crippen LogP contribution in [0.3, 0.4) is 0 Å². The lowest BCUT2D eigenvalue weighted by Crippen LogP contribution is -2.37. The van der Waals surface area contributed by atoms with Crippen molar-refractivity contribution in [2.45, 2.75) is 60.3 Å². The van der Waals surface area contributed by atoms with Gasteiger partial charge in [0.25, 0.3) is 5.91 Å². The van der Waals surface area contributed by atoms with Crippen molar-refractivity contribution >= 4 is 11.6 Å². The number of pyridine rings is 1. The van der Waals surface area contributed by atoms with Crippen molar-refractivity contribution in [1.29, 1.82) is 0 Å². The van der Waals surface area contributed by atoms with Gasteiger partial charge in [-0.3, -0.25) is 4.79 Å². The molecule has 0 atom stereocenters. The second-order valence-corrected chi connectivity index (χ2v) is 7.02. The van der Waals surface area contributed by atoms with Crippen molar-refractivity contribution in [2.24, 2.45) is 0 Å². The molecule has 0 aliphatic heterocycles. The van der Waals surface area contributed by atoms with Crippen LogP contribution < -0.4 is 14.8 Å². The molecule has 2 aromatic rings. The van der Waals surface area contributed by atoms with Crippen molar-refractivity contribution in [3.8, 4) is 5.75 Å². The summed E-state index contributed by atoms with van der Waals surface area (Å²) in [4.78, 5) is 13.0. The van der Waals surface area contributed by atoms with Crippen molar-refractivity contribution in [3.05, 3.63) is 57.6 Å². The Hall–Kier alpha value is -2.56. The number of amides is 1. The highest BCUT2D eigenvalue weighted by Gasteiger charge is 2.24. The van der Waals surface area contributed by atoms with Crippen LogP contribution in [0, 0.1) is 32.9 Å². The number of aryl methyl sites for hydroxylation is 2. The Morgan fingerprint density at radius 2 is 1.89 bits per heavy atom. The highest BCUT2D eigenvalue weighted by Crippen LogP contribution is 2.25. The Labute approximate surface area is 162 Å². The first-order valence-corrected chi connectivity index (χ1v) is 9.61. The number of benzene rings is 1. The molecule has 0 radical (unpaired) electrons. The molecule has 1 heterocycles. The van der Waals surface area contributed by atoms with Crippen LogP contribution in [0.25, 0.3) is 0 Å². The molecule has 5 heteroatoms. The number of carbonyl (C=O) groups is 1. The highest BCUT2D eigenvalue weighted by atomic mass is 16.5. The SMILES string of the molecule is CCCCCCOc1cc(C)[n+]([O-])c(C)c1C(=O)Nc1cccc(C)c1C. The molecule has 146 valence electrons. The second-order valence-electron chi connectivity index (χ2n) is 7.02. The molecule has 0 saturated heterocycles. The van der Waals surface area contributed by atoms with E-state index in [1.165, 1.54) is 0 Å². The summed E-state index contributed by atoms with van der Waals surface area (Å²) >= 11 is 0. The Kier molecular flexibility index (Phi) is 7.22. The molecule has 0 saturated carbocycles. The average molecular weight is 370 g/mol. The van der Waals surface area contributed by atoms with E-state index in [9.17, 15) is 10.0 Å².